The summed E-state index contributed by atoms with van der Waals surface area (Å²) in [5.74, 6) is 0.909. The molecule has 0 radical (unpaired) electrons. The van der Waals surface area contributed by atoms with Crippen molar-refractivity contribution < 1.29 is 4.42 Å². The molecule has 0 bridgehead atoms. The Morgan fingerprint density at radius 3 is 1.75 bits per heavy atom. The molecule has 3 nitrogen and oxygen atoms in total. The highest BCUT2D eigenvalue weighted by Gasteiger charge is 2.13. The SMILES string of the molecule is CCCCCCCCCCCCCCCC(CC)c1c[nH]c(=O)o1. The molecule has 0 spiro atoms. The highest BCUT2D eigenvalue weighted by molar-refractivity contribution is 4.98. The van der Waals surface area contributed by atoms with E-state index in [0.717, 1.165) is 18.6 Å². The number of nitrogens with one attached hydrogen (secondary N) is 1. The van der Waals surface area contributed by atoms with E-state index >= 15 is 0 Å². The molecule has 24 heavy (non-hydrogen) atoms. The fourth-order valence-corrected chi connectivity index (χ4v) is 3.45. The molecule has 3 heteroatoms. The second-order valence-electron chi connectivity index (χ2n) is 7.22. The highest BCUT2D eigenvalue weighted by Crippen LogP contribution is 2.24. The molecule has 0 saturated carbocycles. The largest absolute Gasteiger partial charge is 0.416 e. The number of hydrogen-bond donors (Lipinski definition) is 1. The van der Waals surface area contributed by atoms with Crippen molar-refractivity contribution in [1.82, 2.24) is 4.98 Å². The van der Waals surface area contributed by atoms with Gasteiger partial charge in [0.15, 0.2) is 0 Å². The maximum Gasteiger partial charge on any atom is 0.416 e. The van der Waals surface area contributed by atoms with Crippen molar-refractivity contribution in [3.05, 3.63) is 22.5 Å². The second-order valence-corrected chi connectivity index (χ2v) is 7.22. The molecule has 1 atom stereocenters. The topological polar surface area (TPSA) is 46.0 Å². The molecule has 0 aliphatic rings. The van der Waals surface area contributed by atoms with Gasteiger partial charge in [-0.05, 0) is 12.8 Å². The summed E-state index contributed by atoms with van der Waals surface area (Å²) < 4.78 is 5.19. The van der Waals surface area contributed by atoms with Gasteiger partial charge in [-0.3, -0.25) is 4.98 Å². The number of rotatable bonds is 16. The predicted octanol–water partition coefficient (Wildman–Crippen LogP) is 6.94. The van der Waals surface area contributed by atoms with E-state index in [-0.39, 0.29) is 5.76 Å². The summed E-state index contributed by atoms with van der Waals surface area (Å²) in [6, 6.07) is 0. The van der Waals surface area contributed by atoms with E-state index in [4.69, 9.17) is 4.42 Å². The number of unbranched alkanes of at least 4 members (excludes halogenated alkanes) is 12. The Bertz CT molecular complexity index is 435. The standard InChI is InChI=1S/C21H39NO2/c1-3-5-6-7-8-9-10-11-12-13-14-15-16-17-19(4-2)20-18-22-21(23)24-20/h18-19H,3-17H2,1-2H3,(H,22,23). The molecular weight excluding hydrogens is 298 g/mol. The molecule has 0 aliphatic carbocycles. The van der Waals surface area contributed by atoms with Crippen molar-refractivity contribution in [3.63, 3.8) is 0 Å². The number of hydrogen-bond acceptors (Lipinski definition) is 2. The van der Waals surface area contributed by atoms with E-state index < -0.39 is 0 Å². The van der Waals surface area contributed by atoms with E-state index in [1.165, 1.54) is 83.5 Å². The van der Waals surface area contributed by atoms with Crippen molar-refractivity contribution >= 4 is 0 Å². The first-order valence-corrected chi connectivity index (χ1v) is 10.5. The van der Waals surface area contributed by atoms with Crippen molar-refractivity contribution in [2.24, 2.45) is 0 Å². The van der Waals surface area contributed by atoms with E-state index in [2.05, 4.69) is 18.8 Å². The van der Waals surface area contributed by atoms with Gasteiger partial charge in [0.05, 0.1) is 0 Å². The average molecular weight is 338 g/mol. The van der Waals surface area contributed by atoms with Crippen LogP contribution in [-0.2, 0) is 0 Å². The maximum atomic E-state index is 11.1. The van der Waals surface area contributed by atoms with Crippen LogP contribution in [0.25, 0.3) is 0 Å². The third-order valence-electron chi connectivity index (χ3n) is 5.09. The molecule has 0 saturated heterocycles. The lowest BCUT2D eigenvalue weighted by Gasteiger charge is -2.10. The average Bonchev–Trinajstić information content (AvgIpc) is 3.01. The van der Waals surface area contributed by atoms with Gasteiger partial charge in [0.1, 0.15) is 5.76 Å². The Morgan fingerprint density at radius 2 is 1.33 bits per heavy atom. The summed E-state index contributed by atoms with van der Waals surface area (Å²) in [6.45, 7) is 4.44. The van der Waals surface area contributed by atoms with E-state index in [0.29, 0.717) is 5.92 Å². The Morgan fingerprint density at radius 1 is 0.833 bits per heavy atom. The van der Waals surface area contributed by atoms with Crippen molar-refractivity contribution in [2.75, 3.05) is 0 Å². The van der Waals surface area contributed by atoms with Crippen LogP contribution in [-0.4, -0.2) is 4.98 Å². The van der Waals surface area contributed by atoms with Crippen LogP contribution in [0.15, 0.2) is 15.4 Å². The first-order chi connectivity index (χ1) is 11.8. The fraction of sp³-hybridized carbons (Fsp3) is 0.857. The molecule has 1 aromatic rings. The van der Waals surface area contributed by atoms with Crippen LogP contribution in [0.2, 0.25) is 0 Å². The maximum absolute atomic E-state index is 11.1. The predicted molar refractivity (Wildman–Crippen MR) is 103 cm³/mol. The molecule has 1 rings (SSSR count). The third-order valence-corrected chi connectivity index (χ3v) is 5.09. The fourth-order valence-electron chi connectivity index (χ4n) is 3.45. The molecule has 0 amide bonds. The number of H-pyrrole nitrogens is 1. The van der Waals surface area contributed by atoms with E-state index in [9.17, 15) is 4.79 Å². The monoisotopic (exact) mass is 337 g/mol. The minimum absolute atomic E-state index is 0.325. The quantitative estimate of drug-likeness (QED) is 0.332. The lowest BCUT2D eigenvalue weighted by Crippen LogP contribution is -1.97. The van der Waals surface area contributed by atoms with Crippen LogP contribution in [0.5, 0.6) is 0 Å². The number of aromatic nitrogens is 1. The summed E-state index contributed by atoms with van der Waals surface area (Å²) in [5.41, 5.74) is 0. The molecule has 1 unspecified atom stereocenters. The van der Waals surface area contributed by atoms with Crippen molar-refractivity contribution in [3.8, 4) is 0 Å². The second kappa shape index (κ2) is 14.4. The normalized spacial score (nSPS) is 12.6. The Hall–Kier alpha value is -0.990. The van der Waals surface area contributed by atoms with Gasteiger partial charge < -0.3 is 4.42 Å². The zero-order valence-corrected chi connectivity index (χ0v) is 16.1. The highest BCUT2D eigenvalue weighted by atomic mass is 16.4. The van der Waals surface area contributed by atoms with Crippen LogP contribution < -0.4 is 5.76 Å². The number of oxazole rings is 1. The smallest absolute Gasteiger partial charge is 0.413 e. The van der Waals surface area contributed by atoms with Crippen LogP contribution in [0.4, 0.5) is 0 Å². The zero-order valence-electron chi connectivity index (χ0n) is 16.1. The van der Waals surface area contributed by atoms with Gasteiger partial charge in [-0.25, -0.2) is 4.79 Å². The molecule has 1 aromatic heterocycles. The number of aromatic amines is 1. The first kappa shape index (κ1) is 21.1. The van der Waals surface area contributed by atoms with Crippen LogP contribution in [0, 0.1) is 0 Å². The summed E-state index contributed by atoms with van der Waals surface area (Å²) >= 11 is 0. The van der Waals surface area contributed by atoms with E-state index in [1.54, 1.807) is 6.20 Å². The Kier molecular flexibility index (Phi) is 12.6. The van der Waals surface area contributed by atoms with Gasteiger partial charge in [0.25, 0.3) is 0 Å². The molecule has 1 N–H and O–H groups in total. The van der Waals surface area contributed by atoms with Crippen LogP contribution >= 0.6 is 0 Å². The Balaban J connectivity index is 1.89. The molecule has 0 fully saturated rings. The molecule has 0 aliphatic heterocycles. The lowest BCUT2D eigenvalue weighted by molar-refractivity contribution is 0.404. The van der Waals surface area contributed by atoms with Gasteiger partial charge in [0.2, 0.25) is 0 Å². The summed E-state index contributed by atoms with van der Waals surface area (Å²) in [7, 11) is 0. The van der Waals surface area contributed by atoms with E-state index in [1.807, 2.05) is 0 Å². The molecule has 1 heterocycles. The summed E-state index contributed by atoms with van der Waals surface area (Å²) in [5, 5.41) is 0. The molecular formula is C21H39NO2. The van der Waals surface area contributed by atoms with Crippen LogP contribution in [0.1, 0.15) is 122 Å². The van der Waals surface area contributed by atoms with Gasteiger partial charge >= 0.3 is 5.76 Å². The lowest BCUT2D eigenvalue weighted by atomic mass is 9.96. The third kappa shape index (κ3) is 10.00. The van der Waals surface area contributed by atoms with Crippen molar-refractivity contribution in [2.45, 2.75) is 116 Å². The summed E-state index contributed by atoms with van der Waals surface area (Å²) in [6.07, 6.45) is 21.9. The van der Waals surface area contributed by atoms with Crippen LogP contribution in [0.3, 0.4) is 0 Å². The Labute approximate surface area is 148 Å². The first-order valence-electron chi connectivity index (χ1n) is 10.5. The minimum Gasteiger partial charge on any atom is -0.413 e. The van der Waals surface area contributed by atoms with Gasteiger partial charge in [0, 0.05) is 12.1 Å². The minimum atomic E-state index is -0.325. The molecule has 0 aromatic carbocycles. The van der Waals surface area contributed by atoms with Gasteiger partial charge in [-0.1, -0.05) is 97.3 Å². The van der Waals surface area contributed by atoms with Gasteiger partial charge in [-0.2, -0.15) is 0 Å². The molecule has 140 valence electrons. The van der Waals surface area contributed by atoms with Crippen molar-refractivity contribution in [1.29, 1.82) is 0 Å². The summed E-state index contributed by atoms with van der Waals surface area (Å²) in [4.78, 5) is 13.7. The van der Waals surface area contributed by atoms with Gasteiger partial charge in [-0.15, -0.1) is 0 Å². The zero-order chi connectivity index (χ0) is 17.5.